The minimum absolute atomic E-state index is 0.120. The molecule has 152 valence electrons. The Morgan fingerprint density at radius 3 is 2.86 bits per heavy atom. The molecular weight excluding hydrogens is 362 g/mol. The zero-order valence-electron chi connectivity index (χ0n) is 17.5. The first kappa shape index (κ1) is 19.6. The van der Waals surface area contributed by atoms with Crippen molar-refractivity contribution in [1.82, 2.24) is 14.9 Å². The Kier molecular flexibility index (Phi) is 5.67. The second-order valence-corrected chi connectivity index (χ2v) is 8.14. The quantitative estimate of drug-likeness (QED) is 0.684. The van der Waals surface area contributed by atoms with Gasteiger partial charge in [0.25, 0.3) is 0 Å². The van der Waals surface area contributed by atoms with Crippen LogP contribution in [0.3, 0.4) is 0 Å². The van der Waals surface area contributed by atoms with Crippen LogP contribution in [-0.2, 0) is 22.5 Å². The monoisotopic (exact) mass is 391 g/mol. The molecule has 3 aromatic rings. The summed E-state index contributed by atoms with van der Waals surface area (Å²) >= 11 is 0. The topological polar surface area (TPSA) is 58.2 Å². The van der Waals surface area contributed by atoms with Crippen LogP contribution in [0.1, 0.15) is 40.9 Å². The minimum Gasteiger partial charge on any atom is -0.376 e. The normalized spacial score (nSPS) is 16.4. The molecule has 4 rings (SSSR count). The molecule has 0 saturated carbocycles. The summed E-state index contributed by atoms with van der Waals surface area (Å²) in [6.07, 6.45) is 4.36. The lowest BCUT2D eigenvalue weighted by Crippen LogP contribution is -2.38. The lowest BCUT2D eigenvalue weighted by molar-refractivity contribution is -0.132. The van der Waals surface area contributed by atoms with Crippen LogP contribution in [0.25, 0.3) is 10.9 Å². The van der Waals surface area contributed by atoms with Crippen molar-refractivity contribution in [1.29, 1.82) is 0 Å². The molecule has 0 aliphatic carbocycles. The van der Waals surface area contributed by atoms with E-state index >= 15 is 0 Å². The van der Waals surface area contributed by atoms with Crippen LogP contribution in [0.4, 0.5) is 0 Å². The van der Waals surface area contributed by atoms with Crippen LogP contribution in [-0.4, -0.2) is 40.0 Å². The molecule has 1 saturated heterocycles. The van der Waals surface area contributed by atoms with E-state index in [0.29, 0.717) is 19.5 Å². The number of rotatable bonds is 6. The lowest BCUT2D eigenvalue weighted by Gasteiger charge is -2.25. The van der Waals surface area contributed by atoms with Crippen molar-refractivity contribution in [3.8, 4) is 0 Å². The fraction of sp³-hybridized carbons (Fsp3) is 0.417. The van der Waals surface area contributed by atoms with Gasteiger partial charge >= 0.3 is 0 Å². The Labute approximate surface area is 172 Å². The maximum Gasteiger partial charge on any atom is 0.227 e. The van der Waals surface area contributed by atoms with Crippen LogP contribution < -0.4 is 0 Å². The molecular formula is C24H29N3O2. The van der Waals surface area contributed by atoms with E-state index in [1.807, 2.05) is 23.1 Å². The van der Waals surface area contributed by atoms with E-state index in [-0.39, 0.29) is 12.0 Å². The third-order valence-electron chi connectivity index (χ3n) is 5.78. The van der Waals surface area contributed by atoms with E-state index in [9.17, 15) is 4.79 Å². The highest BCUT2D eigenvalue weighted by Crippen LogP contribution is 2.27. The van der Waals surface area contributed by atoms with Crippen LogP contribution in [0.15, 0.2) is 36.5 Å². The van der Waals surface area contributed by atoms with Gasteiger partial charge < -0.3 is 14.6 Å². The number of carbonyl (C=O) groups excluding carboxylic acids is 1. The van der Waals surface area contributed by atoms with Gasteiger partial charge in [-0.05, 0) is 62.9 Å². The maximum absolute atomic E-state index is 13.4. The number of hydrogen-bond acceptors (Lipinski definition) is 3. The molecule has 0 radical (unpaired) electrons. The highest BCUT2D eigenvalue weighted by Gasteiger charge is 2.24. The lowest BCUT2D eigenvalue weighted by atomic mass is 10.0. The fourth-order valence-electron chi connectivity index (χ4n) is 4.30. The van der Waals surface area contributed by atoms with E-state index in [4.69, 9.17) is 4.74 Å². The predicted molar refractivity (Wildman–Crippen MR) is 115 cm³/mol. The number of aromatic amines is 1. The van der Waals surface area contributed by atoms with Crippen molar-refractivity contribution in [3.63, 3.8) is 0 Å². The van der Waals surface area contributed by atoms with Crippen LogP contribution in [0.5, 0.6) is 0 Å². The number of hydrogen-bond donors (Lipinski definition) is 1. The highest BCUT2D eigenvalue weighted by atomic mass is 16.5. The molecule has 1 aliphatic heterocycles. The summed E-state index contributed by atoms with van der Waals surface area (Å²) in [7, 11) is 0. The molecule has 2 aromatic heterocycles. The van der Waals surface area contributed by atoms with Gasteiger partial charge in [0.1, 0.15) is 0 Å². The average Bonchev–Trinajstić information content (AvgIpc) is 3.31. The number of pyridine rings is 1. The molecule has 1 aliphatic rings. The van der Waals surface area contributed by atoms with Crippen LogP contribution >= 0.6 is 0 Å². The highest BCUT2D eigenvalue weighted by molar-refractivity contribution is 5.92. The SMILES string of the molecule is Cc1cc(C)c2[nH]c(C)c(CC(=O)N(Cc3ccccn3)CC3CCCO3)c2c1. The number of benzene rings is 1. The van der Waals surface area contributed by atoms with Crippen molar-refractivity contribution < 1.29 is 9.53 Å². The van der Waals surface area contributed by atoms with Crippen LogP contribution in [0.2, 0.25) is 0 Å². The smallest absolute Gasteiger partial charge is 0.227 e. The zero-order chi connectivity index (χ0) is 20.4. The summed E-state index contributed by atoms with van der Waals surface area (Å²) < 4.78 is 5.81. The second-order valence-electron chi connectivity index (χ2n) is 8.14. The Morgan fingerprint density at radius 2 is 2.14 bits per heavy atom. The van der Waals surface area contributed by atoms with Gasteiger partial charge in [0.2, 0.25) is 5.91 Å². The van der Waals surface area contributed by atoms with Gasteiger partial charge in [-0.2, -0.15) is 0 Å². The van der Waals surface area contributed by atoms with Gasteiger partial charge in [-0.25, -0.2) is 0 Å². The third kappa shape index (κ3) is 4.35. The summed E-state index contributed by atoms with van der Waals surface area (Å²) in [4.78, 5) is 23.2. The third-order valence-corrected chi connectivity index (χ3v) is 5.78. The van der Waals surface area contributed by atoms with Gasteiger partial charge in [-0.15, -0.1) is 0 Å². The summed E-state index contributed by atoms with van der Waals surface area (Å²) in [6.45, 7) is 8.19. The number of nitrogens with zero attached hydrogens (tertiary/aromatic N) is 2. The summed E-state index contributed by atoms with van der Waals surface area (Å²) in [5, 5.41) is 1.16. The number of aryl methyl sites for hydroxylation is 3. The summed E-state index contributed by atoms with van der Waals surface area (Å²) in [5.41, 5.74) is 6.62. The van der Waals surface area contributed by atoms with Gasteiger partial charge in [0.15, 0.2) is 0 Å². The Balaban J connectivity index is 1.60. The van der Waals surface area contributed by atoms with Crippen molar-refractivity contribution in [3.05, 3.63) is 64.6 Å². The number of carbonyl (C=O) groups is 1. The first-order valence-corrected chi connectivity index (χ1v) is 10.4. The van der Waals surface area contributed by atoms with E-state index < -0.39 is 0 Å². The number of H-pyrrole nitrogens is 1. The molecule has 1 amide bonds. The van der Waals surface area contributed by atoms with Gasteiger partial charge in [-0.1, -0.05) is 17.7 Å². The zero-order valence-corrected chi connectivity index (χ0v) is 17.5. The van der Waals surface area contributed by atoms with Crippen molar-refractivity contribution in [2.45, 2.75) is 52.7 Å². The molecule has 1 aromatic carbocycles. The van der Waals surface area contributed by atoms with E-state index in [0.717, 1.165) is 47.3 Å². The van der Waals surface area contributed by atoms with E-state index in [1.165, 1.54) is 11.1 Å². The van der Waals surface area contributed by atoms with Crippen molar-refractivity contribution in [2.75, 3.05) is 13.2 Å². The molecule has 29 heavy (non-hydrogen) atoms. The Bertz CT molecular complexity index is 1000. The number of ether oxygens (including phenoxy) is 1. The van der Waals surface area contributed by atoms with Gasteiger partial charge in [-0.3, -0.25) is 9.78 Å². The maximum atomic E-state index is 13.4. The molecule has 1 unspecified atom stereocenters. The second kappa shape index (κ2) is 8.37. The fourth-order valence-corrected chi connectivity index (χ4v) is 4.30. The van der Waals surface area contributed by atoms with Crippen molar-refractivity contribution in [2.24, 2.45) is 0 Å². The van der Waals surface area contributed by atoms with E-state index in [2.05, 4.69) is 42.9 Å². The Hall–Kier alpha value is -2.66. The predicted octanol–water partition coefficient (Wildman–Crippen LogP) is 4.24. The number of amides is 1. The molecule has 0 spiro atoms. The molecule has 1 atom stereocenters. The molecule has 1 N–H and O–H groups in total. The number of nitrogens with one attached hydrogen (secondary N) is 1. The number of aromatic nitrogens is 2. The first-order chi connectivity index (χ1) is 14.0. The molecule has 3 heterocycles. The standard InChI is InChI=1S/C24H29N3O2/c1-16-11-17(2)24-22(12-16)21(18(3)26-24)13-23(28)27(15-20-8-6-10-29-20)14-19-7-4-5-9-25-19/h4-5,7,9,11-12,20,26H,6,8,10,13-15H2,1-3H3. The molecule has 0 bridgehead atoms. The van der Waals surface area contributed by atoms with Gasteiger partial charge in [0.05, 0.1) is 24.8 Å². The number of fused-ring (bicyclic) bond motifs is 1. The van der Waals surface area contributed by atoms with Crippen LogP contribution in [0, 0.1) is 20.8 Å². The average molecular weight is 392 g/mol. The molecule has 5 heteroatoms. The largest absolute Gasteiger partial charge is 0.376 e. The summed E-state index contributed by atoms with van der Waals surface area (Å²) in [6, 6.07) is 10.2. The molecule has 1 fully saturated rings. The van der Waals surface area contributed by atoms with Gasteiger partial charge in [0, 0.05) is 35.9 Å². The minimum atomic E-state index is 0.120. The van der Waals surface area contributed by atoms with Crippen molar-refractivity contribution >= 4 is 16.8 Å². The molecule has 5 nitrogen and oxygen atoms in total. The summed E-state index contributed by atoms with van der Waals surface area (Å²) in [5.74, 6) is 0.120. The van der Waals surface area contributed by atoms with E-state index in [1.54, 1.807) is 6.20 Å². The first-order valence-electron chi connectivity index (χ1n) is 10.4. The Morgan fingerprint density at radius 1 is 1.28 bits per heavy atom.